The highest BCUT2D eigenvalue weighted by Gasteiger charge is 2.31. The third-order valence-corrected chi connectivity index (χ3v) is 6.20. The quantitative estimate of drug-likeness (QED) is 0.707. The summed E-state index contributed by atoms with van der Waals surface area (Å²) in [7, 11) is -3.95. The molecule has 1 aliphatic heterocycles. The normalized spacial score (nSPS) is 16.9. The van der Waals surface area contributed by atoms with Crippen LogP contribution in [0.15, 0.2) is 23.1 Å². The minimum atomic E-state index is -3.95. The minimum absolute atomic E-state index is 0. The Kier molecular flexibility index (Phi) is 8.22. The van der Waals surface area contributed by atoms with Crippen LogP contribution < -0.4 is 10.5 Å². The predicted octanol–water partition coefficient (Wildman–Crippen LogP) is 2.53. The molecule has 1 aromatic carbocycles. The first-order valence-electron chi connectivity index (χ1n) is 8.91. The highest BCUT2D eigenvalue weighted by Crippen LogP contribution is 2.22. The molecule has 27 heavy (non-hydrogen) atoms. The first kappa shape index (κ1) is 23.8. The molecule has 1 fully saturated rings. The summed E-state index contributed by atoms with van der Waals surface area (Å²) in [6.45, 7) is 7.00. The lowest BCUT2D eigenvalue weighted by molar-refractivity contribution is 0.0788. The Balaban J connectivity index is 0.00000364. The fourth-order valence-corrected chi connectivity index (χ4v) is 4.82. The Hall–Kier alpha value is -1.22. The summed E-state index contributed by atoms with van der Waals surface area (Å²) >= 11 is 0. The molecule has 0 saturated carbocycles. The maximum atomic E-state index is 14.4. The van der Waals surface area contributed by atoms with E-state index in [1.807, 2.05) is 13.8 Å². The van der Waals surface area contributed by atoms with Crippen molar-refractivity contribution in [2.75, 3.05) is 19.6 Å². The molecule has 154 valence electrons. The summed E-state index contributed by atoms with van der Waals surface area (Å²) < 4.78 is 42.3. The number of nitrogens with zero attached hydrogens (tertiary/aromatic N) is 1. The summed E-state index contributed by atoms with van der Waals surface area (Å²) in [5.74, 6) is -0.991. The van der Waals surface area contributed by atoms with E-state index in [2.05, 4.69) is 4.72 Å². The van der Waals surface area contributed by atoms with Crippen LogP contribution >= 0.6 is 12.4 Å². The third kappa shape index (κ3) is 5.88. The molecule has 0 spiro atoms. The van der Waals surface area contributed by atoms with E-state index in [0.29, 0.717) is 19.5 Å². The average molecular weight is 422 g/mol. The van der Waals surface area contributed by atoms with Gasteiger partial charge in [-0.2, -0.15) is 0 Å². The molecule has 6 nitrogen and oxygen atoms in total. The van der Waals surface area contributed by atoms with Gasteiger partial charge in [-0.3, -0.25) is 4.79 Å². The van der Waals surface area contributed by atoms with Crippen LogP contribution in [-0.4, -0.2) is 44.4 Å². The van der Waals surface area contributed by atoms with E-state index >= 15 is 0 Å². The highest BCUT2D eigenvalue weighted by molar-refractivity contribution is 7.89. The topological polar surface area (TPSA) is 92.5 Å². The molecule has 1 unspecified atom stereocenters. The zero-order chi connectivity index (χ0) is 19.5. The number of nitrogens with one attached hydrogen (secondary N) is 1. The maximum Gasteiger partial charge on any atom is 0.256 e. The number of halogens is 2. The second-order valence-corrected chi connectivity index (χ2v) is 9.29. The molecule has 0 bridgehead atoms. The molecule has 2 rings (SSSR count). The number of likely N-dealkylation sites (tertiary alicyclic amines) is 1. The van der Waals surface area contributed by atoms with Crippen LogP contribution in [0.3, 0.4) is 0 Å². The van der Waals surface area contributed by atoms with Crippen molar-refractivity contribution in [1.82, 2.24) is 9.62 Å². The molecule has 1 atom stereocenters. The van der Waals surface area contributed by atoms with Crippen molar-refractivity contribution < 1.29 is 17.6 Å². The zero-order valence-electron chi connectivity index (χ0n) is 16.0. The van der Waals surface area contributed by atoms with Gasteiger partial charge in [0.15, 0.2) is 0 Å². The molecule has 1 amide bonds. The van der Waals surface area contributed by atoms with Crippen LogP contribution in [0.4, 0.5) is 4.39 Å². The van der Waals surface area contributed by atoms with Crippen LogP contribution in [0.25, 0.3) is 0 Å². The van der Waals surface area contributed by atoms with Crippen molar-refractivity contribution >= 4 is 28.3 Å². The van der Waals surface area contributed by atoms with Crippen LogP contribution in [0.5, 0.6) is 0 Å². The SMILES string of the molecule is CC(C)CC(C)(CN)NS(=O)(=O)c1ccc(C(=O)N2CCCC2)c(F)c1.Cl. The standard InChI is InChI=1S/C18H28FN3O3S.ClH/c1-13(2)11-18(3,12-20)21-26(24,25)14-6-7-15(16(19)10-14)17(23)22-8-4-5-9-22;/h6-7,10,13,21H,4-5,8-9,11-12,20H2,1-3H3;1H. The van der Waals surface area contributed by atoms with Gasteiger partial charge in [-0.25, -0.2) is 17.5 Å². The number of nitrogens with two attached hydrogens (primary N) is 1. The number of sulfonamides is 1. The van der Waals surface area contributed by atoms with E-state index < -0.39 is 27.3 Å². The van der Waals surface area contributed by atoms with Gasteiger partial charge in [-0.1, -0.05) is 13.8 Å². The molecular weight excluding hydrogens is 393 g/mol. The van der Waals surface area contributed by atoms with E-state index in [-0.39, 0.29) is 35.3 Å². The van der Waals surface area contributed by atoms with E-state index in [9.17, 15) is 17.6 Å². The first-order chi connectivity index (χ1) is 12.1. The number of benzene rings is 1. The zero-order valence-corrected chi connectivity index (χ0v) is 17.6. The molecule has 3 N–H and O–H groups in total. The molecule has 1 saturated heterocycles. The second-order valence-electron chi connectivity index (χ2n) is 7.61. The Bertz CT molecular complexity index is 767. The number of rotatable bonds is 7. The smallest absolute Gasteiger partial charge is 0.256 e. The van der Waals surface area contributed by atoms with Crippen molar-refractivity contribution in [3.8, 4) is 0 Å². The van der Waals surface area contributed by atoms with Gasteiger partial charge in [-0.15, -0.1) is 12.4 Å². The van der Waals surface area contributed by atoms with E-state index in [4.69, 9.17) is 5.73 Å². The Morgan fingerprint density at radius 3 is 2.41 bits per heavy atom. The van der Waals surface area contributed by atoms with Crippen LogP contribution in [-0.2, 0) is 10.0 Å². The van der Waals surface area contributed by atoms with E-state index in [1.165, 1.54) is 12.1 Å². The number of hydrogen-bond acceptors (Lipinski definition) is 4. The number of carbonyl (C=O) groups excluding carboxylic acids is 1. The maximum absolute atomic E-state index is 14.4. The molecular formula is C18H29ClFN3O3S. The van der Waals surface area contributed by atoms with Gasteiger partial charge in [0.2, 0.25) is 10.0 Å². The van der Waals surface area contributed by atoms with Crippen molar-refractivity contribution in [2.24, 2.45) is 11.7 Å². The van der Waals surface area contributed by atoms with Crippen molar-refractivity contribution in [3.05, 3.63) is 29.6 Å². The lowest BCUT2D eigenvalue weighted by atomic mass is 9.92. The van der Waals surface area contributed by atoms with Gasteiger partial charge in [-0.05, 0) is 50.3 Å². The molecule has 0 radical (unpaired) electrons. The van der Waals surface area contributed by atoms with E-state index in [0.717, 1.165) is 18.9 Å². The predicted molar refractivity (Wildman–Crippen MR) is 106 cm³/mol. The number of amides is 1. The molecule has 0 aromatic heterocycles. The van der Waals surface area contributed by atoms with Gasteiger partial charge in [0, 0.05) is 25.2 Å². The van der Waals surface area contributed by atoms with Crippen LogP contribution in [0.1, 0.15) is 50.4 Å². The van der Waals surface area contributed by atoms with Gasteiger partial charge in [0.05, 0.1) is 10.5 Å². The Morgan fingerprint density at radius 1 is 1.33 bits per heavy atom. The summed E-state index contributed by atoms with van der Waals surface area (Å²) in [4.78, 5) is 13.7. The highest BCUT2D eigenvalue weighted by atomic mass is 35.5. The van der Waals surface area contributed by atoms with Gasteiger partial charge < -0.3 is 10.6 Å². The van der Waals surface area contributed by atoms with Gasteiger partial charge >= 0.3 is 0 Å². The fourth-order valence-electron chi connectivity index (χ4n) is 3.38. The lowest BCUT2D eigenvalue weighted by Gasteiger charge is -2.30. The Morgan fingerprint density at radius 2 is 1.93 bits per heavy atom. The van der Waals surface area contributed by atoms with Gasteiger partial charge in [0.1, 0.15) is 5.82 Å². The van der Waals surface area contributed by atoms with Crippen LogP contribution in [0.2, 0.25) is 0 Å². The molecule has 1 heterocycles. The molecule has 1 aliphatic rings. The lowest BCUT2D eigenvalue weighted by Crippen LogP contribution is -2.52. The second kappa shape index (κ2) is 9.32. The summed E-state index contributed by atoms with van der Waals surface area (Å²) in [5.41, 5.74) is 4.82. The van der Waals surface area contributed by atoms with Crippen LogP contribution in [0, 0.1) is 11.7 Å². The van der Waals surface area contributed by atoms with Crippen molar-refractivity contribution in [1.29, 1.82) is 0 Å². The summed E-state index contributed by atoms with van der Waals surface area (Å²) in [6, 6.07) is 3.41. The minimum Gasteiger partial charge on any atom is -0.339 e. The number of hydrogen-bond donors (Lipinski definition) is 2. The van der Waals surface area contributed by atoms with Crippen molar-refractivity contribution in [3.63, 3.8) is 0 Å². The molecule has 9 heteroatoms. The first-order valence-corrected chi connectivity index (χ1v) is 10.4. The average Bonchev–Trinajstić information content (AvgIpc) is 3.07. The summed E-state index contributed by atoms with van der Waals surface area (Å²) in [5, 5.41) is 0. The number of carbonyl (C=O) groups is 1. The molecule has 0 aliphatic carbocycles. The van der Waals surface area contributed by atoms with E-state index in [1.54, 1.807) is 11.8 Å². The largest absolute Gasteiger partial charge is 0.339 e. The summed E-state index contributed by atoms with van der Waals surface area (Å²) in [6.07, 6.45) is 2.35. The van der Waals surface area contributed by atoms with Gasteiger partial charge in [0.25, 0.3) is 5.91 Å². The monoisotopic (exact) mass is 421 g/mol. The molecule has 1 aromatic rings. The van der Waals surface area contributed by atoms with Crippen molar-refractivity contribution in [2.45, 2.75) is 50.5 Å². The fraction of sp³-hybridized carbons (Fsp3) is 0.611. The third-order valence-electron chi connectivity index (χ3n) is 4.56. The Labute approximate surface area is 167 Å².